The Morgan fingerprint density at radius 1 is 0.882 bits per heavy atom. The molecule has 0 heterocycles. The molecule has 5 heteroatoms. The Morgan fingerprint density at radius 2 is 1.59 bits per heavy atom. The molecule has 170 valence electrons. The number of hydrogen-bond donors (Lipinski definition) is 1. The number of methoxy groups -OCH3 is 1. The van der Waals surface area contributed by atoms with E-state index in [4.69, 9.17) is 0 Å². The highest BCUT2D eigenvalue weighted by molar-refractivity contribution is 7.98. The summed E-state index contributed by atoms with van der Waals surface area (Å²) in [6, 6.07) is 32.0. The van der Waals surface area contributed by atoms with Gasteiger partial charge in [-0.05, 0) is 64.0 Å². The van der Waals surface area contributed by atoms with Gasteiger partial charge in [0.25, 0.3) is 0 Å². The molecule has 34 heavy (non-hydrogen) atoms. The van der Waals surface area contributed by atoms with Crippen molar-refractivity contribution < 1.29 is 14.3 Å². The SMILES string of the molecule is COC(=O)/C=C/c1ccc(C(Cc2ccccc2)C(=O)NSc2ccc3ccccc3c2)cc1. The second kappa shape index (κ2) is 11.3. The van der Waals surface area contributed by atoms with Gasteiger partial charge in [0.1, 0.15) is 0 Å². The van der Waals surface area contributed by atoms with Crippen molar-refractivity contribution in [2.45, 2.75) is 17.2 Å². The van der Waals surface area contributed by atoms with E-state index in [-0.39, 0.29) is 11.8 Å². The van der Waals surface area contributed by atoms with E-state index in [0.717, 1.165) is 27.0 Å². The zero-order valence-electron chi connectivity index (χ0n) is 18.8. The summed E-state index contributed by atoms with van der Waals surface area (Å²) in [4.78, 5) is 25.6. The van der Waals surface area contributed by atoms with Crippen LogP contribution >= 0.6 is 11.9 Å². The van der Waals surface area contributed by atoms with E-state index in [2.05, 4.69) is 33.7 Å². The van der Waals surface area contributed by atoms with Crippen LogP contribution in [0.5, 0.6) is 0 Å². The van der Waals surface area contributed by atoms with Crippen LogP contribution < -0.4 is 4.72 Å². The van der Waals surface area contributed by atoms with E-state index < -0.39 is 5.97 Å². The number of ether oxygens (including phenoxy) is 1. The van der Waals surface area contributed by atoms with Gasteiger partial charge in [0.2, 0.25) is 5.91 Å². The normalized spacial score (nSPS) is 11.9. The summed E-state index contributed by atoms with van der Waals surface area (Å²) in [7, 11) is 1.35. The Labute approximate surface area is 203 Å². The summed E-state index contributed by atoms with van der Waals surface area (Å²) in [5, 5.41) is 2.31. The Bertz CT molecular complexity index is 1300. The third-order valence-corrected chi connectivity index (χ3v) is 6.33. The second-order valence-corrected chi connectivity index (χ2v) is 8.72. The molecule has 1 N–H and O–H groups in total. The van der Waals surface area contributed by atoms with Crippen molar-refractivity contribution >= 4 is 40.7 Å². The molecule has 4 nitrogen and oxygen atoms in total. The maximum Gasteiger partial charge on any atom is 0.330 e. The smallest absolute Gasteiger partial charge is 0.330 e. The standard InChI is InChI=1S/C29H25NO3S/c1-33-28(31)18-13-21-11-14-24(15-12-21)27(19-22-7-3-2-4-8-22)29(32)30-34-26-17-16-23-9-5-6-10-25(23)20-26/h2-18,20,27H,19H2,1H3,(H,30,32)/b18-13+. The summed E-state index contributed by atoms with van der Waals surface area (Å²) in [6.07, 6.45) is 3.66. The highest BCUT2D eigenvalue weighted by Gasteiger charge is 2.21. The zero-order chi connectivity index (χ0) is 23.8. The monoisotopic (exact) mass is 467 g/mol. The summed E-state index contributed by atoms with van der Waals surface area (Å²) >= 11 is 1.33. The highest BCUT2D eigenvalue weighted by Crippen LogP contribution is 2.26. The third-order valence-electron chi connectivity index (χ3n) is 5.54. The number of amides is 1. The van der Waals surface area contributed by atoms with E-state index >= 15 is 0 Å². The lowest BCUT2D eigenvalue weighted by Gasteiger charge is -2.17. The lowest BCUT2D eigenvalue weighted by atomic mass is 9.91. The van der Waals surface area contributed by atoms with Crippen molar-refractivity contribution in [1.82, 2.24) is 4.72 Å². The fourth-order valence-corrected chi connectivity index (χ4v) is 4.38. The largest absolute Gasteiger partial charge is 0.466 e. The number of carbonyl (C=O) groups excluding carboxylic acids is 2. The van der Waals surface area contributed by atoms with Crippen LogP contribution in [0.2, 0.25) is 0 Å². The quantitative estimate of drug-likeness (QED) is 0.191. The summed E-state index contributed by atoms with van der Waals surface area (Å²) in [6.45, 7) is 0. The van der Waals surface area contributed by atoms with Gasteiger partial charge in [-0.2, -0.15) is 0 Å². The highest BCUT2D eigenvalue weighted by atomic mass is 32.2. The molecule has 0 aromatic heterocycles. The second-order valence-electron chi connectivity index (χ2n) is 7.84. The molecular weight excluding hydrogens is 442 g/mol. The van der Waals surface area contributed by atoms with Crippen molar-refractivity contribution in [3.63, 3.8) is 0 Å². The number of esters is 1. The summed E-state index contributed by atoms with van der Waals surface area (Å²) in [5.41, 5.74) is 2.86. The first-order valence-electron chi connectivity index (χ1n) is 11.0. The fraction of sp³-hybridized carbons (Fsp3) is 0.103. The van der Waals surface area contributed by atoms with E-state index in [1.807, 2.05) is 72.8 Å². The van der Waals surface area contributed by atoms with Gasteiger partial charge in [0.15, 0.2) is 0 Å². The van der Waals surface area contributed by atoms with Crippen LogP contribution in [0.25, 0.3) is 16.8 Å². The molecule has 0 saturated carbocycles. The molecule has 1 amide bonds. The minimum atomic E-state index is -0.406. The van der Waals surface area contributed by atoms with Gasteiger partial charge in [0.05, 0.1) is 13.0 Å². The lowest BCUT2D eigenvalue weighted by Crippen LogP contribution is -2.25. The first-order chi connectivity index (χ1) is 16.6. The van der Waals surface area contributed by atoms with Crippen LogP contribution in [0.4, 0.5) is 0 Å². The molecule has 4 rings (SSSR count). The predicted octanol–water partition coefficient (Wildman–Crippen LogP) is 6.18. The number of rotatable bonds is 8. The molecule has 1 atom stereocenters. The van der Waals surface area contributed by atoms with E-state index in [0.29, 0.717) is 6.42 Å². The van der Waals surface area contributed by atoms with Crippen molar-refractivity contribution in [2.75, 3.05) is 7.11 Å². The average Bonchev–Trinajstić information content (AvgIpc) is 2.89. The van der Waals surface area contributed by atoms with Gasteiger partial charge < -0.3 is 4.74 Å². The van der Waals surface area contributed by atoms with Crippen LogP contribution in [-0.2, 0) is 20.7 Å². The van der Waals surface area contributed by atoms with Gasteiger partial charge in [0, 0.05) is 11.0 Å². The molecule has 1 unspecified atom stereocenters. The molecule has 4 aromatic carbocycles. The lowest BCUT2D eigenvalue weighted by molar-refractivity contribution is -0.134. The van der Waals surface area contributed by atoms with Crippen molar-refractivity contribution in [3.05, 3.63) is 120 Å². The Morgan fingerprint density at radius 3 is 2.32 bits per heavy atom. The number of hydrogen-bond acceptors (Lipinski definition) is 4. The minimum absolute atomic E-state index is 0.0557. The maximum atomic E-state index is 13.3. The topological polar surface area (TPSA) is 55.4 Å². The van der Waals surface area contributed by atoms with Crippen molar-refractivity contribution in [3.8, 4) is 0 Å². The summed E-state index contributed by atoms with van der Waals surface area (Å²) in [5.74, 6) is -0.815. The summed E-state index contributed by atoms with van der Waals surface area (Å²) < 4.78 is 7.69. The Kier molecular flexibility index (Phi) is 7.79. The first-order valence-corrected chi connectivity index (χ1v) is 11.8. The van der Waals surface area contributed by atoms with Gasteiger partial charge in [-0.25, -0.2) is 4.79 Å². The van der Waals surface area contributed by atoms with Gasteiger partial charge in [-0.15, -0.1) is 0 Å². The average molecular weight is 468 g/mol. The Balaban J connectivity index is 1.52. The molecule has 0 spiro atoms. The molecule has 0 bridgehead atoms. The van der Waals surface area contributed by atoms with Gasteiger partial charge in [-0.1, -0.05) is 84.9 Å². The third kappa shape index (κ3) is 6.15. The van der Waals surface area contributed by atoms with Crippen molar-refractivity contribution in [2.24, 2.45) is 0 Å². The van der Waals surface area contributed by atoms with E-state index in [1.165, 1.54) is 30.5 Å². The molecule has 0 aliphatic rings. The molecule has 0 fully saturated rings. The fourth-order valence-electron chi connectivity index (χ4n) is 3.69. The zero-order valence-corrected chi connectivity index (χ0v) is 19.6. The van der Waals surface area contributed by atoms with Gasteiger partial charge >= 0.3 is 5.97 Å². The number of fused-ring (bicyclic) bond motifs is 1. The first kappa shape index (κ1) is 23.3. The van der Waals surface area contributed by atoms with Crippen LogP contribution in [0.15, 0.2) is 108 Å². The van der Waals surface area contributed by atoms with E-state index in [1.54, 1.807) is 6.08 Å². The van der Waals surface area contributed by atoms with Crippen LogP contribution in [0.3, 0.4) is 0 Å². The predicted molar refractivity (Wildman–Crippen MR) is 138 cm³/mol. The van der Waals surface area contributed by atoms with Crippen LogP contribution in [-0.4, -0.2) is 19.0 Å². The maximum absolute atomic E-state index is 13.3. The molecule has 0 aliphatic carbocycles. The molecule has 0 radical (unpaired) electrons. The number of benzene rings is 4. The Hall–Kier alpha value is -3.83. The van der Waals surface area contributed by atoms with Crippen LogP contribution in [0.1, 0.15) is 22.6 Å². The molecular formula is C29H25NO3S. The number of nitrogens with one attached hydrogen (secondary N) is 1. The molecule has 0 saturated heterocycles. The molecule has 0 aliphatic heterocycles. The van der Waals surface area contributed by atoms with E-state index in [9.17, 15) is 9.59 Å². The van der Waals surface area contributed by atoms with Crippen molar-refractivity contribution in [1.29, 1.82) is 0 Å². The van der Waals surface area contributed by atoms with Crippen LogP contribution in [0, 0.1) is 0 Å². The number of carbonyl (C=O) groups is 2. The molecule has 4 aromatic rings. The van der Waals surface area contributed by atoms with Gasteiger partial charge in [-0.3, -0.25) is 9.52 Å². The minimum Gasteiger partial charge on any atom is -0.466 e.